The molecule has 21 heavy (non-hydrogen) atoms. The van der Waals surface area contributed by atoms with Crippen molar-refractivity contribution in [1.29, 1.82) is 0 Å². The summed E-state index contributed by atoms with van der Waals surface area (Å²) >= 11 is 3.32. The summed E-state index contributed by atoms with van der Waals surface area (Å²) in [6.45, 7) is 10.5. The van der Waals surface area contributed by atoms with Crippen molar-refractivity contribution in [2.75, 3.05) is 0 Å². The molecule has 0 radical (unpaired) electrons. The maximum Gasteiger partial charge on any atom is 0.242 e. The average Bonchev–Trinajstić information content (AvgIpc) is 2.22. The minimum Gasteiger partial charge on any atom is -0.326 e. The number of hydrogen-bond donors (Lipinski definition) is 2. The van der Waals surface area contributed by atoms with E-state index in [1.54, 1.807) is 18.2 Å². The van der Waals surface area contributed by atoms with E-state index in [2.05, 4.69) is 41.4 Å². The molecule has 0 amide bonds. The van der Waals surface area contributed by atoms with Gasteiger partial charge in [-0.05, 0) is 59.3 Å². The van der Waals surface area contributed by atoms with Gasteiger partial charge in [-0.2, -0.15) is 0 Å². The Balaban J connectivity index is 3.07. The molecule has 3 N–H and O–H groups in total. The van der Waals surface area contributed by atoms with E-state index in [-0.39, 0.29) is 10.3 Å². The van der Waals surface area contributed by atoms with E-state index in [4.69, 9.17) is 5.73 Å². The minimum atomic E-state index is -3.58. The summed E-state index contributed by atoms with van der Waals surface area (Å²) in [5.41, 5.74) is 5.96. The van der Waals surface area contributed by atoms with E-state index < -0.39 is 15.6 Å². The first-order valence-corrected chi connectivity index (χ1v) is 9.16. The fourth-order valence-electron chi connectivity index (χ4n) is 2.67. The molecule has 0 aliphatic rings. The third kappa shape index (κ3) is 5.70. The molecule has 120 valence electrons. The number of hydrogen-bond acceptors (Lipinski definition) is 3. The number of nitrogens with one attached hydrogen (secondary N) is 1. The lowest BCUT2D eigenvalue weighted by molar-refractivity contribution is 0.269. The summed E-state index contributed by atoms with van der Waals surface area (Å²) in [4.78, 5) is 0.238. The number of sulfonamides is 1. The Kier molecular flexibility index (Phi) is 5.64. The minimum absolute atomic E-state index is 0.0344. The van der Waals surface area contributed by atoms with Gasteiger partial charge in [0.05, 0.1) is 4.90 Å². The third-order valence-corrected chi connectivity index (χ3v) is 5.58. The van der Waals surface area contributed by atoms with Crippen LogP contribution in [0.2, 0.25) is 0 Å². The van der Waals surface area contributed by atoms with E-state index in [0.29, 0.717) is 11.0 Å². The van der Waals surface area contributed by atoms with Crippen LogP contribution in [0, 0.1) is 5.41 Å². The van der Waals surface area contributed by atoms with Crippen LogP contribution in [0.5, 0.6) is 0 Å². The number of nitrogens with two attached hydrogens (primary N) is 1. The standard InChI is InChI=1S/C15H25BrN2O2S/c1-14(2,3)10-15(4,5)18-21(19,20)13-7-6-11(9-17)8-12(13)16/h6-8,18H,9-10,17H2,1-5H3. The zero-order valence-electron chi connectivity index (χ0n) is 13.3. The Bertz CT molecular complexity index is 605. The van der Waals surface area contributed by atoms with Crippen LogP contribution in [-0.2, 0) is 16.6 Å². The Morgan fingerprint density at radius 3 is 2.19 bits per heavy atom. The molecular formula is C15H25BrN2O2S. The molecule has 1 aromatic rings. The lowest BCUT2D eigenvalue weighted by Crippen LogP contribution is -2.45. The summed E-state index contributed by atoms with van der Waals surface area (Å²) in [5, 5.41) is 0. The van der Waals surface area contributed by atoms with E-state index in [1.807, 2.05) is 13.8 Å². The van der Waals surface area contributed by atoms with E-state index in [1.165, 1.54) is 0 Å². The molecule has 0 aliphatic carbocycles. The quantitative estimate of drug-likeness (QED) is 0.826. The number of rotatable bonds is 5. The zero-order chi connectivity index (χ0) is 16.5. The van der Waals surface area contributed by atoms with Gasteiger partial charge in [0.15, 0.2) is 0 Å². The molecule has 0 saturated carbocycles. The molecule has 1 rings (SSSR count). The molecule has 0 bridgehead atoms. The second kappa shape index (κ2) is 6.36. The van der Waals surface area contributed by atoms with Crippen molar-refractivity contribution >= 4 is 26.0 Å². The third-order valence-electron chi connectivity index (χ3n) is 2.90. The van der Waals surface area contributed by atoms with Gasteiger partial charge in [-0.3, -0.25) is 0 Å². The second-order valence-electron chi connectivity index (χ2n) is 7.20. The van der Waals surface area contributed by atoms with Gasteiger partial charge in [0, 0.05) is 16.6 Å². The fraction of sp³-hybridized carbons (Fsp3) is 0.600. The Hall–Kier alpha value is -0.430. The molecule has 6 heteroatoms. The van der Waals surface area contributed by atoms with Crippen molar-refractivity contribution < 1.29 is 8.42 Å². The summed E-state index contributed by atoms with van der Waals surface area (Å²) in [6.07, 6.45) is 0.734. The first-order valence-electron chi connectivity index (χ1n) is 6.89. The van der Waals surface area contributed by atoms with Crippen molar-refractivity contribution in [2.45, 2.75) is 58.0 Å². The van der Waals surface area contributed by atoms with Crippen LogP contribution in [0.25, 0.3) is 0 Å². The highest BCUT2D eigenvalue weighted by Gasteiger charge is 2.31. The van der Waals surface area contributed by atoms with Gasteiger partial charge in [-0.25, -0.2) is 13.1 Å². The molecule has 0 aliphatic heterocycles. The predicted molar refractivity (Wildman–Crippen MR) is 90.5 cm³/mol. The lowest BCUT2D eigenvalue weighted by atomic mass is 9.82. The van der Waals surface area contributed by atoms with Crippen molar-refractivity contribution in [1.82, 2.24) is 4.72 Å². The topological polar surface area (TPSA) is 72.2 Å². The largest absolute Gasteiger partial charge is 0.326 e. The van der Waals surface area contributed by atoms with Crippen LogP contribution in [0.4, 0.5) is 0 Å². The molecule has 0 atom stereocenters. The van der Waals surface area contributed by atoms with Gasteiger partial charge < -0.3 is 5.73 Å². The van der Waals surface area contributed by atoms with Crippen molar-refractivity contribution in [3.05, 3.63) is 28.2 Å². The molecule has 0 saturated heterocycles. The molecule has 0 unspecified atom stereocenters. The van der Waals surface area contributed by atoms with Crippen LogP contribution >= 0.6 is 15.9 Å². The first-order chi connectivity index (χ1) is 9.36. The fourth-order valence-corrected chi connectivity index (χ4v) is 5.21. The van der Waals surface area contributed by atoms with Crippen molar-refractivity contribution in [3.8, 4) is 0 Å². The van der Waals surface area contributed by atoms with Crippen LogP contribution in [0.3, 0.4) is 0 Å². The van der Waals surface area contributed by atoms with Crippen LogP contribution < -0.4 is 10.5 Å². The van der Waals surface area contributed by atoms with Gasteiger partial charge in [-0.15, -0.1) is 0 Å². The molecule has 0 heterocycles. The predicted octanol–water partition coefficient (Wildman–Crippen LogP) is 3.40. The lowest BCUT2D eigenvalue weighted by Gasteiger charge is -2.33. The molecule has 1 aromatic carbocycles. The summed E-state index contributed by atoms with van der Waals surface area (Å²) in [5.74, 6) is 0. The highest BCUT2D eigenvalue weighted by molar-refractivity contribution is 9.10. The monoisotopic (exact) mass is 376 g/mol. The summed E-state index contributed by atoms with van der Waals surface area (Å²) in [6, 6.07) is 5.06. The Morgan fingerprint density at radius 1 is 1.19 bits per heavy atom. The molecule has 0 spiro atoms. The van der Waals surface area contributed by atoms with Gasteiger partial charge >= 0.3 is 0 Å². The molecular weight excluding hydrogens is 352 g/mol. The highest BCUT2D eigenvalue weighted by Crippen LogP contribution is 2.30. The highest BCUT2D eigenvalue weighted by atomic mass is 79.9. The van der Waals surface area contributed by atoms with Crippen molar-refractivity contribution in [2.24, 2.45) is 11.1 Å². The summed E-state index contributed by atoms with van der Waals surface area (Å²) < 4.78 is 28.5. The molecule has 0 fully saturated rings. The van der Waals surface area contributed by atoms with Crippen LogP contribution in [0.15, 0.2) is 27.6 Å². The van der Waals surface area contributed by atoms with E-state index >= 15 is 0 Å². The second-order valence-corrected chi connectivity index (χ2v) is 9.70. The normalized spacial score (nSPS) is 13.5. The van der Waals surface area contributed by atoms with Gasteiger partial charge in [0.2, 0.25) is 10.0 Å². The van der Waals surface area contributed by atoms with E-state index in [0.717, 1.165) is 12.0 Å². The Labute approximate surface area is 136 Å². The van der Waals surface area contributed by atoms with Gasteiger partial charge in [0.25, 0.3) is 0 Å². The van der Waals surface area contributed by atoms with Gasteiger partial charge in [-0.1, -0.05) is 26.8 Å². The van der Waals surface area contributed by atoms with Gasteiger partial charge in [0.1, 0.15) is 0 Å². The van der Waals surface area contributed by atoms with Crippen LogP contribution in [-0.4, -0.2) is 14.0 Å². The average molecular weight is 377 g/mol. The van der Waals surface area contributed by atoms with Crippen molar-refractivity contribution in [3.63, 3.8) is 0 Å². The molecule has 4 nitrogen and oxygen atoms in total. The van der Waals surface area contributed by atoms with E-state index in [9.17, 15) is 8.42 Å². The zero-order valence-corrected chi connectivity index (χ0v) is 15.7. The number of halogens is 1. The molecule has 0 aromatic heterocycles. The first kappa shape index (κ1) is 18.6. The SMILES string of the molecule is CC(C)(C)CC(C)(C)NS(=O)(=O)c1ccc(CN)cc1Br. The maximum absolute atomic E-state index is 12.6. The smallest absolute Gasteiger partial charge is 0.242 e. The summed E-state index contributed by atoms with van der Waals surface area (Å²) in [7, 11) is -3.58. The number of benzene rings is 1. The Morgan fingerprint density at radius 2 is 1.76 bits per heavy atom. The maximum atomic E-state index is 12.6. The van der Waals surface area contributed by atoms with Crippen LogP contribution in [0.1, 0.15) is 46.6 Å².